The molecular formula is C14H29NO2. The molecule has 1 fully saturated rings. The van der Waals surface area contributed by atoms with Crippen LogP contribution in [0.15, 0.2) is 0 Å². The molecule has 3 heteroatoms. The summed E-state index contributed by atoms with van der Waals surface area (Å²) in [6.07, 6.45) is 5.92. The first-order valence-corrected chi connectivity index (χ1v) is 7.09. The van der Waals surface area contributed by atoms with E-state index in [-0.39, 0.29) is 6.10 Å². The lowest BCUT2D eigenvalue weighted by Gasteiger charge is -2.35. The summed E-state index contributed by atoms with van der Waals surface area (Å²) in [6, 6.07) is 0. The van der Waals surface area contributed by atoms with Crippen LogP contribution < -0.4 is 0 Å². The van der Waals surface area contributed by atoms with Gasteiger partial charge in [-0.3, -0.25) is 0 Å². The molecule has 0 saturated heterocycles. The van der Waals surface area contributed by atoms with Crippen LogP contribution in [0.2, 0.25) is 0 Å². The lowest BCUT2D eigenvalue weighted by molar-refractivity contribution is -0.0124. The minimum atomic E-state index is -0.561. The summed E-state index contributed by atoms with van der Waals surface area (Å²) in [4.78, 5) is 2.19. The third kappa shape index (κ3) is 4.57. The van der Waals surface area contributed by atoms with Gasteiger partial charge in [0.15, 0.2) is 0 Å². The molecule has 1 saturated carbocycles. The van der Waals surface area contributed by atoms with Gasteiger partial charge in [0.2, 0.25) is 0 Å². The maximum Gasteiger partial charge on any atom is 0.0768 e. The predicted octanol–water partition coefficient (Wildman–Crippen LogP) is 2.02. The minimum absolute atomic E-state index is 0.137. The van der Waals surface area contributed by atoms with Crippen molar-refractivity contribution in [2.45, 2.75) is 64.1 Å². The van der Waals surface area contributed by atoms with Gasteiger partial charge in [-0.05, 0) is 38.6 Å². The zero-order valence-electron chi connectivity index (χ0n) is 11.7. The number of likely N-dealkylation sites (N-methyl/N-ethyl adjacent to an activating group) is 1. The Bertz CT molecular complexity index is 216. The Morgan fingerprint density at radius 3 is 2.29 bits per heavy atom. The van der Waals surface area contributed by atoms with E-state index in [2.05, 4.69) is 11.9 Å². The van der Waals surface area contributed by atoms with Crippen LogP contribution >= 0.6 is 0 Å². The second-order valence-electron chi connectivity index (χ2n) is 5.74. The molecule has 1 aliphatic rings. The van der Waals surface area contributed by atoms with E-state index in [4.69, 9.17) is 0 Å². The van der Waals surface area contributed by atoms with Crippen molar-refractivity contribution in [1.29, 1.82) is 0 Å². The van der Waals surface area contributed by atoms with Crippen LogP contribution in [-0.4, -0.2) is 47.0 Å². The quantitative estimate of drug-likeness (QED) is 0.750. The Morgan fingerprint density at radius 1 is 1.18 bits per heavy atom. The number of rotatable bonds is 6. The Labute approximate surface area is 106 Å². The van der Waals surface area contributed by atoms with Crippen molar-refractivity contribution in [1.82, 2.24) is 4.90 Å². The predicted molar refractivity (Wildman–Crippen MR) is 71.0 cm³/mol. The molecule has 17 heavy (non-hydrogen) atoms. The molecule has 0 amide bonds. The second kappa shape index (κ2) is 6.72. The first-order chi connectivity index (χ1) is 8.00. The monoisotopic (exact) mass is 243 g/mol. The highest BCUT2D eigenvalue weighted by molar-refractivity contribution is 4.82. The molecule has 0 heterocycles. The van der Waals surface area contributed by atoms with E-state index in [1.807, 2.05) is 13.8 Å². The van der Waals surface area contributed by atoms with Crippen LogP contribution in [0.3, 0.4) is 0 Å². The number of aliphatic hydroxyl groups is 2. The van der Waals surface area contributed by atoms with E-state index < -0.39 is 5.60 Å². The lowest BCUT2D eigenvalue weighted by Crippen LogP contribution is -2.44. The summed E-state index contributed by atoms with van der Waals surface area (Å²) in [5.41, 5.74) is -0.561. The molecule has 1 aliphatic carbocycles. The smallest absolute Gasteiger partial charge is 0.0768 e. The first-order valence-electron chi connectivity index (χ1n) is 7.09. The maximum atomic E-state index is 10.3. The average molecular weight is 243 g/mol. The fourth-order valence-corrected chi connectivity index (χ4v) is 2.84. The van der Waals surface area contributed by atoms with Crippen molar-refractivity contribution in [3.05, 3.63) is 0 Å². The molecule has 2 unspecified atom stereocenters. The van der Waals surface area contributed by atoms with E-state index in [0.29, 0.717) is 12.5 Å². The topological polar surface area (TPSA) is 43.7 Å². The maximum absolute atomic E-state index is 10.3. The number of hydrogen-bond acceptors (Lipinski definition) is 3. The third-order valence-corrected chi connectivity index (χ3v) is 4.30. The summed E-state index contributed by atoms with van der Waals surface area (Å²) in [5, 5.41) is 20.2. The average Bonchev–Trinajstić information content (AvgIpc) is 2.32. The molecule has 0 bridgehead atoms. The molecule has 0 spiro atoms. The van der Waals surface area contributed by atoms with E-state index in [1.165, 1.54) is 6.42 Å². The molecule has 0 aliphatic heterocycles. The van der Waals surface area contributed by atoms with E-state index in [9.17, 15) is 10.2 Å². The highest BCUT2D eigenvalue weighted by Gasteiger charge is 2.28. The van der Waals surface area contributed by atoms with Gasteiger partial charge in [0, 0.05) is 13.1 Å². The molecule has 1 rings (SSSR count). The summed E-state index contributed by atoms with van der Waals surface area (Å²) in [7, 11) is 2.05. The molecule has 102 valence electrons. The van der Waals surface area contributed by atoms with Crippen LogP contribution in [0, 0.1) is 5.92 Å². The fraction of sp³-hybridized carbons (Fsp3) is 1.00. The molecule has 2 N–H and O–H groups in total. The van der Waals surface area contributed by atoms with Gasteiger partial charge in [-0.2, -0.15) is 0 Å². The SMILES string of the molecule is CCC(O)(CC)CN(C)CC1CCCCC1O. The van der Waals surface area contributed by atoms with Gasteiger partial charge in [0.1, 0.15) is 0 Å². The van der Waals surface area contributed by atoms with Gasteiger partial charge >= 0.3 is 0 Å². The lowest BCUT2D eigenvalue weighted by atomic mass is 9.86. The zero-order chi connectivity index (χ0) is 12.9. The van der Waals surface area contributed by atoms with E-state index in [0.717, 1.165) is 38.6 Å². The van der Waals surface area contributed by atoms with Gasteiger partial charge in [0.05, 0.1) is 11.7 Å². The third-order valence-electron chi connectivity index (χ3n) is 4.30. The van der Waals surface area contributed by atoms with Crippen molar-refractivity contribution in [3.8, 4) is 0 Å². The minimum Gasteiger partial charge on any atom is -0.393 e. The summed E-state index contributed by atoms with van der Waals surface area (Å²) >= 11 is 0. The van der Waals surface area contributed by atoms with Crippen molar-refractivity contribution < 1.29 is 10.2 Å². The van der Waals surface area contributed by atoms with Gasteiger partial charge in [-0.25, -0.2) is 0 Å². The molecule has 0 radical (unpaired) electrons. The molecular weight excluding hydrogens is 214 g/mol. The summed E-state index contributed by atoms with van der Waals surface area (Å²) in [5.74, 6) is 0.395. The van der Waals surface area contributed by atoms with Crippen molar-refractivity contribution >= 4 is 0 Å². The van der Waals surface area contributed by atoms with Crippen LogP contribution in [0.5, 0.6) is 0 Å². The number of hydrogen-bond donors (Lipinski definition) is 2. The molecule has 0 aromatic heterocycles. The molecule has 0 aromatic rings. The van der Waals surface area contributed by atoms with Gasteiger partial charge < -0.3 is 15.1 Å². The van der Waals surface area contributed by atoms with Gasteiger partial charge in [0.25, 0.3) is 0 Å². The van der Waals surface area contributed by atoms with Crippen LogP contribution in [0.4, 0.5) is 0 Å². The summed E-state index contributed by atoms with van der Waals surface area (Å²) < 4.78 is 0. The van der Waals surface area contributed by atoms with E-state index in [1.54, 1.807) is 0 Å². The van der Waals surface area contributed by atoms with E-state index >= 15 is 0 Å². The first kappa shape index (κ1) is 14.9. The standard InChI is InChI=1S/C14H29NO2/c1-4-14(17,5-2)11-15(3)10-12-8-6-7-9-13(12)16/h12-13,16-17H,4-11H2,1-3H3. The normalized spacial score (nSPS) is 26.5. The molecule has 2 atom stereocenters. The van der Waals surface area contributed by atoms with Gasteiger partial charge in [-0.1, -0.05) is 26.7 Å². The van der Waals surface area contributed by atoms with Crippen molar-refractivity contribution in [3.63, 3.8) is 0 Å². The Kier molecular flexibility index (Phi) is 5.90. The molecule has 3 nitrogen and oxygen atoms in total. The van der Waals surface area contributed by atoms with Gasteiger partial charge in [-0.15, -0.1) is 0 Å². The van der Waals surface area contributed by atoms with Crippen LogP contribution in [0.25, 0.3) is 0 Å². The Hall–Kier alpha value is -0.120. The highest BCUT2D eigenvalue weighted by atomic mass is 16.3. The Balaban J connectivity index is 2.40. The van der Waals surface area contributed by atoms with Crippen molar-refractivity contribution in [2.24, 2.45) is 5.92 Å². The van der Waals surface area contributed by atoms with Crippen molar-refractivity contribution in [2.75, 3.05) is 20.1 Å². The zero-order valence-corrected chi connectivity index (χ0v) is 11.7. The summed E-state index contributed by atoms with van der Waals surface area (Å²) in [6.45, 7) is 5.69. The molecule has 0 aromatic carbocycles. The second-order valence-corrected chi connectivity index (χ2v) is 5.74. The largest absolute Gasteiger partial charge is 0.393 e. The Morgan fingerprint density at radius 2 is 1.76 bits per heavy atom. The number of nitrogens with zero attached hydrogens (tertiary/aromatic N) is 1. The highest BCUT2D eigenvalue weighted by Crippen LogP contribution is 2.25. The number of aliphatic hydroxyl groups excluding tert-OH is 1. The van der Waals surface area contributed by atoms with Crippen LogP contribution in [-0.2, 0) is 0 Å². The fourth-order valence-electron chi connectivity index (χ4n) is 2.84. The van der Waals surface area contributed by atoms with Crippen LogP contribution in [0.1, 0.15) is 52.4 Å².